The first kappa shape index (κ1) is 11.7. The van der Waals surface area contributed by atoms with E-state index in [1.54, 1.807) is 24.5 Å². The Morgan fingerprint density at radius 1 is 1.39 bits per heavy atom. The van der Waals surface area contributed by atoms with Gasteiger partial charge in [-0.15, -0.1) is 0 Å². The Kier molecular flexibility index (Phi) is 3.28. The molecule has 0 saturated carbocycles. The number of aromatic nitrogens is 1. The molecular weight excluding hydrogens is 226 g/mol. The molecule has 96 valence electrons. The molecule has 2 aliphatic heterocycles. The van der Waals surface area contributed by atoms with Gasteiger partial charge in [0.1, 0.15) is 0 Å². The molecule has 0 aliphatic carbocycles. The maximum absolute atomic E-state index is 11.9. The van der Waals surface area contributed by atoms with Gasteiger partial charge in [-0.2, -0.15) is 0 Å². The average molecular weight is 245 g/mol. The van der Waals surface area contributed by atoms with Gasteiger partial charge in [-0.25, -0.2) is 0 Å². The Morgan fingerprint density at radius 2 is 2.17 bits per heavy atom. The summed E-state index contributed by atoms with van der Waals surface area (Å²) in [6, 6.07) is 4.96. The van der Waals surface area contributed by atoms with Gasteiger partial charge >= 0.3 is 0 Å². The van der Waals surface area contributed by atoms with E-state index < -0.39 is 0 Å². The third kappa shape index (κ3) is 2.53. The van der Waals surface area contributed by atoms with Crippen LogP contribution in [0, 0.1) is 5.92 Å². The summed E-state index contributed by atoms with van der Waals surface area (Å²) in [5.74, 6) is 0.623. The summed E-state index contributed by atoms with van der Waals surface area (Å²) in [4.78, 5) is 15.9. The molecule has 2 atom stereocenters. The van der Waals surface area contributed by atoms with Crippen molar-refractivity contribution in [3.63, 3.8) is 0 Å². The molecule has 0 aromatic carbocycles. The zero-order valence-corrected chi connectivity index (χ0v) is 10.4. The molecule has 2 saturated heterocycles. The Bertz CT molecular complexity index is 408. The average Bonchev–Trinajstić information content (AvgIpc) is 2.76. The van der Waals surface area contributed by atoms with E-state index in [-0.39, 0.29) is 5.91 Å². The summed E-state index contributed by atoms with van der Waals surface area (Å²) in [6.45, 7) is 0.794. The van der Waals surface area contributed by atoms with E-state index in [0.29, 0.717) is 23.6 Å². The topological polar surface area (TPSA) is 54.0 Å². The lowest BCUT2D eigenvalue weighted by atomic mass is 9.92. The van der Waals surface area contributed by atoms with Gasteiger partial charge in [0.15, 0.2) is 0 Å². The van der Waals surface area contributed by atoms with Gasteiger partial charge in [0.05, 0.1) is 5.56 Å². The van der Waals surface area contributed by atoms with Crippen molar-refractivity contribution in [1.82, 2.24) is 15.6 Å². The van der Waals surface area contributed by atoms with Crippen molar-refractivity contribution in [2.45, 2.75) is 37.8 Å². The van der Waals surface area contributed by atoms with Crippen LogP contribution in [0.5, 0.6) is 0 Å². The lowest BCUT2D eigenvalue weighted by Crippen LogP contribution is -2.42. The van der Waals surface area contributed by atoms with Crippen LogP contribution < -0.4 is 10.6 Å². The normalized spacial score (nSPS) is 30.1. The number of carbonyl (C=O) groups excluding carboxylic acids is 1. The zero-order chi connectivity index (χ0) is 12.4. The molecular formula is C14H19N3O. The monoisotopic (exact) mass is 245 g/mol. The van der Waals surface area contributed by atoms with Crippen molar-refractivity contribution in [3.8, 4) is 0 Å². The Hall–Kier alpha value is -1.42. The van der Waals surface area contributed by atoms with Crippen molar-refractivity contribution in [1.29, 1.82) is 0 Å². The number of hydrogen-bond donors (Lipinski definition) is 2. The zero-order valence-electron chi connectivity index (χ0n) is 10.4. The SMILES string of the molecule is O=C(NCC1CC2CCC(C1)N2)c1cccnc1. The maximum Gasteiger partial charge on any atom is 0.252 e. The molecule has 0 spiro atoms. The first-order chi connectivity index (χ1) is 8.81. The standard InChI is InChI=1S/C14H19N3O/c18-14(11-2-1-5-15-9-11)16-8-10-6-12-3-4-13(7-10)17-12/h1-2,5,9-10,12-13,17H,3-4,6-8H2,(H,16,18). The number of rotatable bonds is 3. The summed E-state index contributed by atoms with van der Waals surface area (Å²) >= 11 is 0. The van der Waals surface area contributed by atoms with Crippen molar-refractivity contribution >= 4 is 5.91 Å². The second kappa shape index (κ2) is 5.06. The Labute approximate surface area is 107 Å². The molecule has 1 aromatic heterocycles. The van der Waals surface area contributed by atoms with Gasteiger partial charge in [0, 0.05) is 31.0 Å². The number of fused-ring (bicyclic) bond motifs is 2. The van der Waals surface area contributed by atoms with Crippen LogP contribution in [0.1, 0.15) is 36.0 Å². The fraction of sp³-hybridized carbons (Fsp3) is 0.571. The molecule has 4 nitrogen and oxygen atoms in total. The molecule has 0 radical (unpaired) electrons. The van der Waals surface area contributed by atoms with E-state index in [9.17, 15) is 4.79 Å². The minimum absolute atomic E-state index is 0.00557. The van der Waals surface area contributed by atoms with Crippen molar-refractivity contribution in [3.05, 3.63) is 30.1 Å². The van der Waals surface area contributed by atoms with Crippen LogP contribution in [0.2, 0.25) is 0 Å². The maximum atomic E-state index is 11.9. The molecule has 18 heavy (non-hydrogen) atoms. The van der Waals surface area contributed by atoms with Crippen molar-refractivity contribution in [2.24, 2.45) is 5.92 Å². The highest BCUT2D eigenvalue weighted by Crippen LogP contribution is 2.30. The van der Waals surface area contributed by atoms with Gasteiger partial charge in [0.2, 0.25) is 0 Å². The van der Waals surface area contributed by atoms with Gasteiger partial charge in [0.25, 0.3) is 5.91 Å². The number of carbonyl (C=O) groups is 1. The van der Waals surface area contributed by atoms with Crippen LogP contribution in [0.3, 0.4) is 0 Å². The van der Waals surface area contributed by atoms with Crippen LogP contribution in [0.25, 0.3) is 0 Å². The van der Waals surface area contributed by atoms with E-state index in [1.807, 2.05) is 0 Å². The van der Waals surface area contributed by atoms with E-state index >= 15 is 0 Å². The van der Waals surface area contributed by atoms with Gasteiger partial charge in [-0.05, 0) is 43.7 Å². The fourth-order valence-corrected chi connectivity index (χ4v) is 3.18. The minimum Gasteiger partial charge on any atom is -0.352 e. The summed E-state index contributed by atoms with van der Waals surface area (Å²) in [6.07, 6.45) is 8.30. The minimum atomic E-state index is -0.00557. The van der Waals surface area contributed by atoms with Crippen LogP contribution in [0.15, 0.2) is 24.5 Å². The van der Waals surface area contributed by atoms with Gasteiger partial charge in [-0.3, -0.25) is 9.78 Å². The fourth-order valence-electron chi connectivity index (χ4n) is 3.18. The highest BCUT2D eigenvalue weighted by molar-refractivity contribution is 5.93. The quantitative estimate of drug-likeness (QED) is 0.845. The van der Waals surface area contributed by atoms with Gasteiger partial charge < -0.3 is 10.6 Å². The molecule has 2 fully saturated rings. The second-order valence-corrected chi connectivity index (χ2v) is 5.43. The number of amides is 1. The van der Waals surface area contributed by atoms with Crippen LogP contribution in [0.4, 0.5) is 0 Å². The lowest BCUT2D eigenvalue weighted by molar-refractivity contribution is 0.0941. The van der Waals surface area contributed by atoms with Crippen molar-refractivity contribution < 1.29 is 4.79 Å². The number of nitrogens with zero attached hydrogens (tertiary/aromatic N) is 1. The highest BCUT2D eigenvalue weighted by atomic mass is 16.1. The summed E-state index contributed by atoms with van der Waals surface area (Å²) in [5, 5.41) is 6.65. The molecule has 3 heterocycles. The molecule has 3 rings (SSSR count). The predicted octanol–water partition coefficient (Wildman–Crippen LogP) is 1.34. The number of nitrogens with one attached hydrogen (secondary N) is 2. The summed E-state index contributed by atoms with van der Waals surface area (Å²) < 4.78 is 0. The predicted molar refractivity (Wildman–Crippen MR) is 69.2 cm³/mol. The van der Waals surface area contributed by atoms with E-state index in [1.165, 1.54) is 25.7 Å². The number of piperidine rings is 1. The molecule has 4 heteroatoms. The summed E-state index contributed by atoms with van der Waals surface area (Å²) in [7, 11) is 0. The third-order valence-electron chi connectivity index (χ3n) is 4.05. The second-order valence-electron chi connectivity index (χ2n) is 5.43. The number of pyridine rings is 1. The van der Waals surface area contributed by atoms with E-state index in [2.05, 4.69) is 15.6 Å². The number of hydrogen-bond acceptors (Lipinski definition) is 3. The molecule has 1 aromatic rings. The Morgan fingerprint density at radius 3 is 2.83 bits per heavy atom. The smallest absolute Gasteiger partial charge is 0.252 e. The Balaban J connectivity index is 1.51. The van der Waals surface area contributed by atoms with E-state index in [4.69, 9.17) is 0 Å². The largest absolute Gasteiger partial charge is 0.352 e. The van der Waals surface area contributed by atoms with Crippen LogP contribution in [-0.4, -0.2) is 29.5 Å². The highest BCUT2D eigenvalue weighted by Gasteiger charge is 2.33. The first-order valence-electron chi connectivity index (χ1n) is 6.75. The molecule has 2 aliphatic rings. The lowest BCUT2D eigenvalue weighted by Gasteiger charge is -2.29. The first-order valence-corrected chi connectivity index (χ1v) is 6.75. The van der Waals surface area contributed by atoms with Crippen LogP contribution in [-0.2, 0) is 0 Å². The summed E-state index contributed by atoms with van der Waals surface area (Å²) in [5.41, 5.74) is 0.648. The molecule has 2 unspecified atom stereocenters. The third-order valence-corrected chi connectivity index (χ3v) is 4.05. The van der Waals surface area contributed by atoms with Crippen LogP contribution >= 0.6 is 0 Å². The molecule has 2 N–H and O–H groups in total. The van der Waals surface area contributed by atoms with Gasteiger partial charge in [-0.1, -0.05) is 0 Å². The molecule has 2 bridgehead atoms. The molecule has 1 amide bonds. The van der Waals surface area contributed by atoms with Crippen molar-refractivity contribution in [2.75, 3.05) is 6.54 Å². The van der Waals surface area contributed by atoms with E-state index in [0.717, 1.165) is 6.54 Å².